The first-order chi connectivity index (χ1) is 17.9. The number of anilines is 1. The zero-order valence-electron chi connectivity index (χ0n) is 19.7. The minimum atomic E-state index is -4.33. The fourth-order valence-electron chi connectivity index (χ4n) is 3.86. The molecule has 1 aliphatic rings. The van der Waals surface area contributed by atoms with Crippen LogP contribution < -0.4 is 9.46 Å². The van der Waals surface area contributed by atoms with Gasteiger partial charge in [-0.05, 0) is 54.6 Å². The lowest BCUT2D eigenvalue weighted by Crippen LogP contribution is -2.51. The lowest BCUT2D eigenvalue weighted by atomic mass is 10.1. The van der Waals surface area contributed by atoms with Crippen LogP contribution in [0.2, 0.25) is 10.0 Å². The molecule has 1 fully saturated rings. The van der Waals surface area contributed by atoms with E-state index < -0.39 is 28.7 Å². The Kier molecular flexibility index (Phi) is 8.41. The van der Waals surface area contributed by atoms with Crippen LogP contribution in [0.3, 0.4) is 0 Å². The Hall–Kier alpha value is -2.99. The summed E-state index contributed by atoms with van der Waals surface area (Å²) in [7, 11) is -4.12. The highest BCUT2D eigenvalue weighted by Crippen LogP contribution is 2.30. The van der Waals surface area contributed by atoms with Gasteiger partial charge in [0.25, 0.3) is 15.9 Å². The first-order valence-corrected chi connectivity index (χ1v) is 13.6. The van der Waals surface area contributed by atoms with E-state index in [9.17, 15) is 26.4 Å². The number of carbonyl (C=O) groups is 1. The number of rotatable bonds is 7. The third kappa shape index (κ3) is 7.10. The molecule has 1 aliphatic heterocycles. The van der Waals surface area contributed by atoms with Crippen molar-refractivity contribution in [3.05, 3.63) is 82.3 Å². The van der Waals surface area contributed by atoms with Gasteiger partial charge in [0.2, 0.25) is 0 Å². The molecule has 0 atom stereocenters. The van der Waals surface area contributed by atoms with E-state index in [2.05, 4.69) is 4.72 Å². The van der Waals surface area contributed by atoms with Gasteiger partial charge in [-0.3, -0.25) is 14.4 Å². The number of para-hydroxylation sites is 1. The Balaban J connectivity index is 1.48. The van der Waals surface area contributed by atoms with Crippen molar-refractivity contribution in [2.45, 2.75) is 11.1 Å². The number of halogens is 5. The zero-order chi connectivity index (χ0) is 27.5. The van der Waals surface area contributed by atoms with Crippen LogP contribution >= 0.6 is 23.2 Å². The van der Waals surface area contributed by atoms with E-state index in [1.807, 2.05) is 0 Å². The van der Waals surface area contributed by atoms with E-state index in [4.69, 9.17) is 27.9 Å². The molecule has 0 aromatic heterocycles. The fraction of sp³-hybridized carbons (Fsp3) is 0.240. The number of hydrogen-bond donors (Lipinski definition) is 1. The van der Waals surface area contributed by atoms with Crippen LogP contribution in [0.25, 0.3) is 0 Å². The van der Waals surface area contributed by atoms with Gasteiger partial charge in [0.15, 0.2) is 0 Å². The average Bonchev–Trinajstić information content (AvgIpc) is 2.86. The smallest absolute Gasteiger partial charge is 0.401 e. The van der Waals surface area contributed by atoms with Crippen molar-refractivity contribution in [1.29, 1.82) is 0 Å². The van der Waals surface area contributed by atoms with E-state index >= 15 is 0 Å². The average molecular weight is 588 g/mol. The van der Waals surface area contributed by atoms with Crippen LogP contribution in [0.1, 0.15) is 10.4 Å². The topological polar surface area (TPSA) is 78.9 Å². The molecule has 7 nitrogen and oxygen atoms in total. The second-order valence-electron chi connectivity index (χ2n) is 8.48. The molecular weight excluding hydrogens is 566 g/mol. The zero-order valence-corrected chi connectivity index (χ0v) is 22.0. The van der Waals surface area contributed by atoms with Crippen LogP contribution in [0.4, 0.5) is 18.9 Å². The number of amides is 1. The predicted molar refractivity (Wildman–Crippen MR) is 139 cm³/mol. The summed E-state index contributed by atoms with van der Waals surface area (Å²) in [5.74, 6) is 0.232. The van der Waals surface area contributed by atoms with Crippen molar-refractivity contribution in [3.63, 3.8) is 0 Å². The summed E-state index contributed by atoms with van der Waals surface area (Å²) >= 11 is 12.2. The number of piperazine rings is 1. The van der Waals surface area contributed by atoms with E-state index in [0.29, 0.717) is 16.5 Å². The first kappa shape index (κ1) is 28.0. The lowest BCUT2D eigenvalue weighted by Gasteiger charge is -2.35. The Labute approximate surface area is 227 Å². The molecule has 13 heteroatoms. The van der Waals surface area contributed by atoms with Gasteiger partial charge >= 0.3 is 6.18 Å². The van der Waals surface area contributed by atoms with Gasteiger partial charge in [-0.15, -0.1) is 0 Å². The van der Waals surface area contributed by atoms with Crippen molar-refractivity contribution in [3.8, 4) is 11.5 Å². The third-order valence-electron chi connectivity index (χ3n) is 5.72. The monoisotopic (exact) mass is 587 g/mol. The molecule has 1 N–H and O–H groups in total. The predicted octanol–water partition coefficient (Wildman–Crippen LogP) is 5.91. The van der Waals surface area contributed by atoms with Crippen LogP contribution in [0.5, 0.6) is 11.5 Å². The summed E-state index contributed by atoms with van der Waals surface area (Å²) in [4.78, 5) is 15.7. The normalized spacial score (nSPS) is 14.8. The van der Waals surface area contributed by atoms with Gasteiger partial charge in [-0.1, -0.05) is 35.3 Å². The highest BCUT2D eigenvalue weighted by molar-refractivity contribution is 7.92. The molecule has 0 radical (unpaired) electrons. The molecule has 4 rings (SSSR count). The first-order valence-electron chi connectivity index (χ1n) is 11.3. The molecule has 38 heavy (non-hydrogen) atoms. The molecular formula is C25H22Cl2F3N3O4S. The van der Waals surface area contributed by atoms with E-state index in [-0.39, 0.29) is 47.3 Å². The quantitative estimate of drug-likeness (QED) is 0.372. The van der Waals surface area contributed by atoms with E-state index in [0.717, 1.165) is 0 Å². The maximum atomic E-state index is 13.2. The summed E-state index contributed by atoms with van der Waals surface area (Å²) in [5.41, 5.74) is -0.0162. The van der Waals surface area contributed by atoms with E-state index in [1.165, 1.54) is 52.3 Å². The Morgan fingerprint density at radius 1 is 0.947 bits per heavy atom. The van der Waals surface area contributed by atoms with Crippen LogP contribution in [0, 0.1) is 0 Å². The molecule has 0 unspecified atom stereocenters. The second-order valence-corrected chi connectivity index (χ2v) is 11.0. The fourth-order valence-corrected chi connectivity index (χ4v) is 5.29. The van der Waals surface area contributed by atoms with Crippen molar-refractivity contribution >= 4 is 44.8 Å². The molecule has 3 aromatic rings. The van der Waals surface area contributed by atoms with Crippen molar-refractivity contribution < 1.29 is 31.1 Å². The number of nitrogens with zero attached hydrogens (tertiary/aromatic N) is 2. The standard InChI is InChI=1S/C25H22Cl2F3N3O4S/c26-17-5-10-22(20(15-17)24(34)33-13-11-32(12-14-33)16-25(28,29)30)31-38(35,36)19-8-6-18(7-9-19)37-23-4-2-1-3-21(23)27/h1-10,15,31H,11-14,16H2. The van der Waals surface area contributed by atoms with E-state index in [1.54, 1.807) is 24.3 Å². The maximum absolute atomic E-state index is 13.2. The molecule has 0 aliphatic carbocycles. The van der Waals surface area contributed by atoms with Crippen molar-refractivity contribution in [2.75, 3.05) is 37.4 Å². The number of carbonyl (C=O) groups excluding carboxylic acids is 1. The molecule has 202 valence electrons. The summed E-state index contributed by atoms with van der Waals surface area (Å²) in [6, 6.07) is 16.6. The highest BCUT2D eigenvalue weighted by atomic mass is 35.5. The number of nitrogens with one attached hydrogen (secondary N) is 1. The SMILES string of the molecule is O=C(c1cc(Cl)ccc1NS(=O)(=O)c1ccc(Oc2ccccc2Cl)cc1)N1CCN(CC(F)(F)F)CC1. The van der Waals surface area contributed by atoms with Gasteiger partial charge in [0.05, 0.1) is 27.7 Å². The van der Waals surface area contributed by atoms with Gasteiger partial charge < -0.3 is 9.64 Å². The number of alkyl halides is 3. The van der Waals surface area contributed by atoms with Gasteiger partial charge in [0.1, 0.15) is 11.5 Å². The number of sulfonamides is 1. The minimum Gasteiger partial charge on any atom is -0.456 e. The Bertz CT molecular complexity index is 1410. The molecule has 0 bridgehead atoms. The van der Waals surface area contributed by atoms with Crippen LogP contribution in [-0.4, -0.2) is 63.0 Å². The van der Waals surface area contributed by atoms with Crippen LogP contribution in [-0.2, 0) is 10.0 Å². The molecule has 0 saturated carbocycles. The number of benzene rings is 3. The summed E-state index contributed by atoms with van der Waals surface area (Å²) in [5, 5.41) is 0.598. The summed E-state index contributed by atoms with van der Waals surface area (Å²) in [6.45, 7) is -0.870. The molecule has 0 spiro atoms. The molecule has 3 aromatic carbocycles. The van der Waals surface area contributed by atoms with Gasteiger partial charge in [-0.2, -0.15) is 13.2 Å². The van der Waals surface area contributed by atoms with Crippen LogP contribution in [0.15, 0.2) is 71.6 Å². The third-order valence-corrected chi connectivity index (χ3v) is 7.65. The highest BCUT2D eigenvalue weighted by Gasteiger charge is 2.33. The molecule has 1 heterocycles. The Morgan fingerprint density at radius 3 is 2.24 bits per heavy atom. The second kappa shape index (κ2) is 11.4. The maximum Gasteiger partial charge on any atom is 0.401 e. The molecule has 1 amide bonds. The summed E-state index contributed by atoms with van der Waals surface area (Å²) < 4.78 is 72.3. The van der Waals surface area contributed by atoms with Gasteiger partial charge in [0, 0.05) is 31.2 Å². The summed E-state index contributed by atoms with van der Waals surface area (Å²) in [6.07, 6.45) is -4.33. The number of hydrogen-bond acceptors (Lipinski definition) is 5. The number of ether oxygens (including phenoxy) is 1. The lowest BCUT2D eigenvalue weighted by molar-refractivity contribution is -0.148. The Morgan fingerprint density at radius 2 is 1.61 bits per heavy atom. The minimum absolute atomic E-state index is 0.00600. The van der Waals surface area contributed by atoms with Crippen molar-refractivity contribution in [1.82, 2.24) is 9.80 Å². The molecule has 1 saturated heterocycles. The van der Waals surface area contributed by atoms with Crippen molar-refractivity contribution in [2.24, 2.45) is 0 Å². The van der Waals surface area contributed by atoms with Gasteiger partial charge in [-0.25, -0.2) is 8.42 Å². The largest absolute Gasteiger partial charge is 0.456 e.